The van der Waals surface area contributed by atoms with Gasteiger partial charge in [0.1, 0.15) is 0 Å². The fraction of sp³-hybridized carbons (Fsp3) is 0.250. The van der Waals surface area contributed by atoms with Crippen molar-refractivity contribution in [1.29, 1.82) is 0 Å². The van der Waals surface area contributed by atoms with Gasteiger partial charge in [0.2, 0.25) is 5.89 Å². The summed E-state index contributed by atoms with van der Waals surface area (Å²) in [6.07, 6.45) is 1.76. The van der Waals surface area contributed by atoms with E-state index < -0.39 is 0 Å². The van der Waals surface area contributed by atoms with Gasteiger partial charge in [0.15, 0.2) is 5.76 Å². The molecule has 0 aliphatic heterocycles. The average molecular weight is 341 g/mol. The summed E-state index contributed by atoms with van der Waals surface area (Å²) < 4.78 is 5.86. The van der Waals surface area contributed by atoms with E-state index in [1.54, 1.807) is 6.20 Å². The van der Waals surface area contributed by atoms with Crippen molar-refractivity contribution in [2.24, 2.45) is 5.92 Å². The summed E-state index contributed by atoms with van der Waals surface area (Å²) in [6.45, 7) is 5.00. The van der Waals surface area contributed by atoms with Crippen LogP contribution >= 0.6 is 11.6 Å². The predicted molar refractivity (Wildman–Crippen MR) is 97.8 cm³/mol. The second-order valence-electron chi connectivity index (χ2n) is 6.14. The lowest BCUT2D eigenvalue weighted by atomic mass is 9.96. The van der Waals surface area contributed by atoms with E-state index in [0.29, 0.717) is 23.4 Å². The first-order valence-electron chi connectivity index (χ1n) is 8.12. The Kier molecular flexibility index (Phi) is 5.34. The second-order valence-corrected chi connectivity index (χ2v) is 6.57. The molecule has 0 amide bonds. The second kappa shape index (κ2) is 7.65. The number of aromatic nitrogens is 1. The van der Waals surface area contributed by atoms with Crippen molar-refractivity contribution in [3.63, 3.8) is 0 Å². The van der Waals surface area contributed by atoms with Crippen molar-refractivity contribution in [2.45, 2.75) is 26.4 Å². The molecule has 124 valence electrons. The number of hydrogen-bond acceptors (Lipinski definition) is 3. The fourth-order valence-corrected chi connectivity index (χ4v) is 2.86. The number of hydrogen-bond donors (Lipinski definition) is 1. The molecule has 1 heterocycles. The highest BCUT2D eigenvalue weighted by atomic mass is 35.5. The fourth-order valence-electron chi connectivity index (χ4n) is 2.74. The van der Waals surface area contributed by atoms with E-state index in [2.05, 4.69) is 48.4 Å². The predicted octanol–water partition coefficient (Wildman–Crippen LogP) is 5.48. The zero-order valence-electron chi connectivity index (χ0n) is 13.9. The molecule has 1 aromatic heterocycles. The van der Waals surface area contributed by atoms with Crippen LogP contribution in [0.25, 0.3) is 11.3 Å². The van der Waals surface area contributed by atoms with Crippen molar-refractivity contribution in [1.82, 2.24) is 10.3 Å². The quantitative estimate of drug-likeness (QED) is 0.645. The van der Waals surface area contributed by atoms with Crippen LogP contribution in [-0.2, 0) is 6.54 Å². The molecule has 0 radical (unpaired) electrons. The van der Waals surface area contributed by atoms with Gasteiger partial charge in [-0.15, -0.1) is 0 Å². The smallest absolute Gasteiger partial charge is 0.208 e. The van der Waals surface area contributed by atoms with E-state index in [0.717, 1.165) is 11.3 Å². The van der Waals surface area contributed by atoms with Gasteiger partial charge in [0, 0.05) is 16.6 Å². The molecule has 0 saturated heterocycles. The van der Waals surface area contributed by atoms with Crippen LogP contribution in [-0.4, -0.2) is 4.98 Å². The van der Waals surface area contributed by atoms with Gasteiger partial charge in [-0.25, -0.2) is 4.98 Å². The van der Waals surface area contributed by atoms with Gasteiger partial charge in [0.05, 0.1) is 12.7 Å². The zero-order chi connectivity index (χ0) is 16.9. The van der Waals surface area contributed by atoms with E-state index in [4.69, 9.17) is 16.0 Å². The first kappa shape index (κ1) is 16.7. The van der Waals surface area contributed by atoms with Crippen LogP contribution in [0.2, 0.25) is 5.02 Å². The molecule has 3 aromatic rings. The van der Waals surface area contributed by atoms with Gasteiger partial charge in [-0.05, 0) is 35.7 Å². The third-order valence-corrected chi connectivity index (χ3v) is 4.23. The molecule has 3 nitrogen and oxygen atoms in total. The highest BCUT2D eigenvalue weighted by Crippen LogP contribution is 2.24. The highest BCUT2D eigenvalue weighted by Gasteiger charge is 2.16. The first-order valence-corrected chi connectivity index (χ1v) is 8.50. The van der Waals surface area contributed by atoms with Crippen molar-refractivity contribution in [2.75, 3.05) is 0 Å². The summed E-state index contributed by atoms with van der Waals surface area (Å²) in [5.74, 6) is 1.91. The Balaban J connectivity index is 1.69. The molecule has 4 heteroatoms. The summed E-state index contributed by atoms with van der Waals surface area (Å²) in [5.41, 5.74) is 2.25. The van der Waals surface area contributed by atoms with Crippen molar-refractivity contribution in [3.05, 3.63) is 77.3 Å². The minimum atomic E-state index is 0.261. The normalized spacial score (nSPS) is 12.5. The van der Waals surface area contributed by atoms with Crippen LogP contribution in [0.5, 0.6) is 0 Å². The van der Waals surface area contributed by atoms with E-state index in [1.807, 2.05) is 30.3 Å². The highest BCUT2D eigenvalue weighted by molar-refractivity contribution is 6.30. The Morgan fingerprint density at radius 3 is 2.42 bits per heavy atom. The lowest BCUT2D eigenvalue weighted by Gasteiger charge is -2.22. The number of halogens is 1. The number of nitrogens with one attached hydrogen (secondary N) is 1. The lowest BCUT2D eigenvalue weighted by molar-refractivity contribution is 0.380. The summed E-state index contributed by atoms with van der Waals surface area (Å²) in [7, 11) is 0. The van der Waals surface area contributed by atoms with Gasteiger partial charge in [0.25, 0.3) is 0 Å². The molecule has 1 atom stereocenters. The van der Waals surface area contributed by atoms with Gasteiger partial charge in [-0.3, -0.25) is 0 Å². The summed E-state index contributed by atoms with van der Waals surface area (Å²) in [5, 5.41) is 4.26. The van der Waals surface area contributed by atoms with Crippen molar-refractivity contribution >= 4 is 11.6 Å². The van der Waals surface area contributed by atoms with Crippen molar-refractivity contribution < 1.29 is 4.42 Å². The molecule has 0 aliphatic carbocycles. The number of rotatable bonds is 6. The molecular formula is C20H21ClN2O. The standard InChI is InChI=1S/C20H21ClN2O/c1-14(2)20(16-6-4-3-5-7-16)23-13-19-22-12-18(24-19)15-8-10-17(21)11-9-15/h3-12,14,20,23H,13H2,1-2H3. The molecule has 2 aromatic carbocycles. The van der Waals surface area contributed by atoms with Crippen LogP contribution in [0, 0.1) is 5.92 Å². The van der Waals surface area contributed by atoms with Crippen LogP contribution in [0.1, 0.15) is 31.3 Å². The molecule has 3 rings (SSSR count). The number of benzene rings is 2. The lowest BCUT2D eigenvalue weighted by Crippen LogP contribution is -2.25. The van der Waals surface area contributed by atoms with Gasteiger partial charge < -0.3 is 9.73 Å². The largest absolute Gasteiger partial charge is 0.439 e. The van der Waals surface area contributed by atoms with Crippen LogP contribution in [0.4, 0.5) is 0 Å². The maximum absolute atomic E-state index is 5.92. The van der Waals surface area contributed by atoms with Crippen molar-refractivity contribution in [3.8, 4) is 11.3 Å². The van der Waals surface area contributed by atoms with Crippen LogP contribution in [0.3, 0.4) is 0 Å². The maximum Gasteiger partial charge on any atom is 0.208 e. The number of oxazole rings is 1. The summed E-state index contributed by atoms with van der Waals surface area (Å²) in [4.78, 5) is 4.38. The molecule has 0 fully saturated rings. The third kappa shape index (κ3) is 4.05. The molecule has 24 heavy (non-hydrogen) atoms. The zero-order valence-corrected chi connectivity index (χ0v) is 14.6. The van der Waals surface area contributed by atoms with Gasteiger partial charge >= 0.3 is 0 Å². The molecule has 0 aliphatic rings. The van der Waals surface area contributed by atoms with Gasteiger partial charge in [-0.2, -0.15) is 0 Å². The minimum Gasteiger partial charge on any atom is -0.439 e. The Hall–Kier alpha value is -2.10. The maximum atomic E-state index is 5.92. The summed E-state index contributed by atoms with van der Waals surface area (Å²) in [6, 6.07) is 18.3. The molecule has 1 N–H and O–H groups in total. The summed E-state index contributed by atoms with van der Waals surface area (Å²) >= 11 is 5.92. The Morgan fingerprint density at radius 1 is 1.04 bits per heavy atom. The Bertz CT molecular complexity index is 766. The Labute approximate surface area is 147 Å². The van der Waals surface area contributed by atoms with E-state index in [-0.39, 0.29) is 6.04 Å². The molecule has 1 unspecified atom stereocenters. The Morgan fingerprint density at radius 2 is 1.75 bits per heavy atom. The monoisotopic (exact) mass is 340 g/mol. The SMILES string of the molecule is CC(C)C(NCc1ncc(-c2ccc(Cl)cc2)o1)c1ccccc1. The van der Waals surface area contributed by atoms with E-state index in [9.17, 15) is 0 Å². The third-order valence-electron chi connectivity index (χ3n) is 3.98. The minimum absolute atomic E-state index is 0.261. The topological polar surface area (TPSA) is 38.1 Å². The molecule has 0 bridgehead atoms. The molecule has 0 spiro atoms. The number of nitrogens with zero attached hydrogens (tertiary/aromatic N) is 1. The van der Waals surface area contributed by atoms with E-state index >= 15 is 0 Å². The van der Waals surface area contributed by atoms with Crippen LogP contribution < -0.4 is 5.32 Å². The average Bonchev–Trinajstić information content (AvgIpc) is 3.05. The molecular weight excluding hydrogens is 320 g/mol. The molecule has 0 saturated carbocycles. The van der Waals surface area contributed by atoms with Gasteiger partial charge in [-0.1, -0.05) is 55.8 Å². The van der Waals surface area contributed by atoms with E-state index in [1.165, 1.54) is 5.56 Å². The first-order chi connectivity index (χ1) is 11.6. The van der Waals surface area contributed by atoms with Crippen LogP contribution in [0.15, 0.2) is 65.2 Å².